The maximum absolute atomic E-state index is 6.03. The number of benzene rings is 1. The van der Waals surface area contributed by atoms with Gasteiger partial charge < -0.3 is 0 Å². The van der Waals surface area contributed by atoms with Gasteiger partial charge in [0.05, 0.1) is 13.1 Å². The molecule has 0 spiro atoms. The Kier molecular flexibility index (Phi) is 2.70. The Labute approximate surface area is 95.1 Å². The van der Waals surface area contributed by atoms with Crippen LogP contribution in [0.3, 0.4) is 0 Å². The lowest BCUT2D eigenvalue weighted by Crippen LogP contribution is -2.34. The normalized spacial score (nSPS) is 11.2. The lowest BCUT2D eigenvalue weighted by molar-refractivity contribution is -0.674. The molecule has 0 unspecified atom stereocenters. The number of halogens is 1. The molecule has 0 bridgehead atoms. The van der Waals surface area contributed by atoms with Gasteiger partial charge in [-0.25, -0.2) is 9.13 Å². The predicted molar refractivity (Wildman–Crippen MR) is 63.2 cm³/mol. The third-order valence-corrected chi connectivity index (χ3v) is 3.17. The van der Waals surface area contributed by atoms with Crippen molar-refractivity contribution in [2.75, 3.05) is 0 Å². The third kappa shape index (κ3) is 1.53. The van der Waals surface area contributed by atoms with Crippen LogP contribution in [0.2, 0.25) is 5.02 Å². The van der Waals surface area contributed by atoms with Gasteiger partial charge in [0, 0.05) is 18.0 Å². The first-order valence-electron chi connectivity index (χ1n) is 5.37. The molecule has 2 nitrogen and oxygen atoms in total. The van der Waals surface area contributed by atoms with Gasteiger partial charge in [-0.1, -0.05) is 11.6 Å². The maximum Gasteiger partial charge on any atom is 0.254 e. The minimum atomic E-state index is 0.804. The summed E-state index contributed by atoms with van der Waals surface area (Å²) in [6, 6.07) is 6.09. The molecule has 0 saturated carbocycles. The van der Waals surface area contributed by atoms with E-state index in [1.807, 2.05) is 12.1 Å². The molecule has 15 heavy (non-hydrogen) atoms. The number of fused-ring (bicyclic) bond motifs is 1. The van der Waals surface area contributed by atoms with Gasteiger partial charge in [-0.15, -0.1) is 0 Å². The highest BCUT2D eigenvalue weighted by Gasteiger charge is 2.18. The molecule has 0 radical (unpaired) electrons. The van der Waals surface area contributed by atoms with Gasteiger partial charge in [0.1, 0.15) is 0 Å². The molecule has 3 heteroatoms. The summed E-state index contributed by atoms with van der Waals surface area (Å²) < 4.78 is 4.61. The molecule has 1 aromatic heterocycles. The van der Waals surface area contributed by atoms with Crippen LogP contribution in [0.15, 0.2) is 18.2 Å². The topological polar surface area (TPSA) is 8.81 Å². The van der Waals surface area contributed by atoms with Crippen molar-refractivity contribution in [1.29, 1.82) is 0 Å². The summed E-state index contributed by atoms with van der Waals surface area (Å²) in [6.07, 6.45) is 0. The summed E-state index contributed by atoms with van der Waals surface area (Å²) in [5.74, 6) is 1.29. The fraction of sp³-hybridized carbons (Fsp3) is 0.417. The van der Waals surface area contributed by atoms with E-state index in [1.54, 1.807) is 0 Å². The number of rotatable bonds is 2. The molecule has 80 valence electrons. The Morgan fingerprint density at radius 3 is 2.67 bits per heavy atom. The van der Waals surface area contributed by atoms with Crippen molar-refractivity contribution in [1.82, 2.24) is 4.57 Å². The van der Waals surface area contributed by atoms with E-state index in [0.717, 1.165) is 18.1 Å². The Morgan fingerprint density at radius 1 is 1.33 bits per heavy atom. The van der Waals surface area contributed by atoms with Gasteiger partial charge in [0.25, 0.3) is 5.82 Å². The molecule has 2 aromatic rings. The van der Waals surface area contributed by atoms with Crippen LogP contribution in [-0.2, 0) is 13.1 Å². The lowest BCUT2D eigenvalue weighted by Gasteiger charge is -1.94. The summed E-state index contributed by atoms with van der Waals surface area (Å²) in [7, 11) is 0. The highest BCUT2D eigenvalue weighted by molar-refractivity contribution is 6.31. The molecule has 2 rings (SSSR count). The first-order chi connectivity index (χ1) is 7.19. The zero-order valence-electron chi connectivity index (χ0n) is 9.42. The lowest BCUT2D eigenvalue weighted by atomic mass is 10.3. The summed E-state index contributed by atoms with van der Waals surface area (Å²) in [4.78, 5) is 0. The smallest absolute Gasteiger partial charge is 0.228 e. The van der Waals surface area contributed by atoms with Crippen LogP contribution in [0.5, 0.6) is 0 Å². The number of nitrogens with zero attached hydrogens (tertiary/aromatic N) is 2. The first-order valence-corrected chi connectivity index (χ1v) is 5.75. The van der Waals surface area contributed by atoms with Crippen LogP contribution in [0.1, 0.15) is 19.7 Å². The van der Waals surface area contributed by atoms with Crippen molar-refractivity contribution in [2.24, 2.45) is 0 Å². The molecule has 0 N–H and O–H groups in total. The van der Waals surface area contributed by atoms with Gasteiger partial charge >= 0.3 is 0 Å². The Bertz CT molecular complexity index is 500. The number of imidazole rings is 1. The van der Waals surface area contributed by atoms with Gasteiger partial charge in [0.15, 0.2) is 11.0 Å². The fourth-order valence-corrected chi connectivity index (χ4v) is 2.40. The molecule has 0 aliphatic heterocycles. The number of hydrogen-bond acceptors (Lipinski definition) is 0. The fourth-order valence-electron chi connectivity index (χ4n) is 2.23. The van der Waals surface area contributed by atoms with Crippen molar-refractivity contribution in [3.8, 4) is 0 Å². The molecule has 0 aliphatic carbocycles. The summed E-state index contributed by atoms with van der Waals surface area (Å²) >= 11 is 6.03. The largest absolute Gasteiger partial charge is 0.254 e. The van der Waals surface area contributed by atoms with E-state index >= 15 is 0 Å². The van der Waals surface area contributed by atoms with Crippen molar-refractivity contribution in [2.45, 2.75) is 33.9 Å². The summed E-state index contributed by atoms with van der Waals surface area (Å²) in [5, 5.41) is 0.804. The molecular weight excluding hydrogens is 208 g/mol. The van der Waals surface area contributed by atoms with Crippen molar-refractivity contribution in [3.63, 3.8) is 0 Å². The third-order valence-electron chi connectivity index (χ3n) is 2.93. The Morgan fingerprint density at radius 2 is 2.07 bits per heavy atom. The van der Waals surface area contributed by atoms with E-state index in [1.165, 1.54) is 16.9 Å². The second kappa shape index (κ2) is 3.86. The molecule has 0 aliphatic rings. The van der Waals surface area contributed by atoms with Crippen LogP contribution in [0, 0.1) is 6.92 Å². The molecule has 0 fully saturated rings. The average molecular weight is 224 g/mol. The van der Waals surface area contributed by atoms with E-state index < -0.39 is 0 Å². The van der Waals surface area contributed by atoms with Crippen LogP contribution in [0.4, 0.5) is 0 Å². The number of aromatic nitrogens is 2. The second-order valence-corrected chi connectivity index (χ2v) is 4.11. The van der Waals surface area contributed by atoms with Crippen LogP contribution in [-0.4, -0.2) is 4.57 Å². The highest BCUT2D eigenvalue weighted by atomic mass is 35.5. The minimum absolute atomic E-state index is 0.804. The predicted octanol–water partition coefficient (Wildman–Crippen LogP) is 2.93. The number of aryl methyl sites for hydroxylation is 2. The Hall–Kier alpha value is -1.02. The molecule has 1 heterocycles. The highest BCUT2D eigenvalue weighted by Crippen LogP contribution is 2.19. The summed E-state index contributed by atoms with van der Waals surface area (Å²) in [5.41, 5.74) is 2.49. The molecule has 0 atom stereocenters. The number of hydrogen-bond donors (Lipinski definition) is 0. The standard InChI is InChI=1S/C12H16ClN2/c1-4-14-9(3)15(5-2)12-8-10(13)6-7-11(12)14/h6-8H,4-5H2,1-3H3/q+1. The molecular formula is C12H16ClN2+. The van der Waals surface area contributed by atoms with Crippen LogP contribution < -0.4 is 4.57 Å². The van der Waals surface area contributed by atoms with Gasteiger partial charge in [-0.2, -0.15) is 0 Å². The summed E-state index contributed by atoms with van der Waals surface area (Å²) in [6.45, 7) is 8.46. The SMILES string of the molecule is CCn1c(C)[n+](CC)c2ccc(Cl)cc21. The van der Waals surface area contributed by atoms with Crippen LogP contribution in [0.25, 0.3) is 11.0 Å². The van der Waals surface area contributed by atoms with Gasteiger partial charge in [0.2, 0.25) is 0 Å². The zero-order valence-corrected chi connectivity index (χ0v) is 10.2. The van der Waals surface area contributed by atoms with Crippen LogP contribution >= 0.6 is 11.6 Å². The monoisotopic (exact) mass is 223 g/mol. The molecule has 0 saturated heterocycles. The van der Waals surface area contributed by atoms with E-state index in [0.29, 0.717) is 0 Å². The van der Waals surface area contributed by atoms with Gasteiger partial charge in [-0.05, 0) is 26.0 Å². The second-order valence-electron chi connectivity index (χ2n) is 3.67. The van der Waals surface area contributed by atoms with E-state index in [-0.39, 0.29) is 0 Å². The molecule has 1 aromatic carbocycles. The molecule has 0 amide bonds. The Balaban J connectivity index is 2.85. The maximum atomic E-state index is 6.03. The van der Waals surface area contributed by atoms with Crippen molar-refractivity contribution < 1.29 is 4.57 Å². The van der Waals surface area contributed by atoms with Gasteiger partial charge in [-0.3, -0.25) is 0 Å². The van der Waals surface area contributed by atoms with E-state index in [9.17, 15) is 0 Å². The van der Waals surface area contributed by atoms with Crippen molar-refractivity contribution in [3.05, 3.63) is 29.0 Å². The average Bonchev–Trinajstić information content (AvgIpc) is 2.48. The first kappa shape index (κ1) is 10.5. The van der Waals surface area contributed by atoms with Crippen molar-refractivity contribution >= 4 is 22.6 Å². The quantitative estimate of drug-likeness (QED) is 0.693. The minimum Gasteiger partial charge on any atom is -0.228 e. The van der Waals surface area contributed by atoms with E-state index in [2.05, 4.69) is 36.0 Å². The zero-order chi connectivity index (χ0) is 11.0. The van der Waals surface area contributed by atoms with E-state index in [4.69, 9.17) is 11.6 Å².